The second kappa shape index (κ2) is 6.05. The largest absolute Gasteiger partial charge is 0.340 e. The van der Waals surface area contributed by atoms with Gasteiger partial charge in [0.15, 0.2) is 0 Å². The molecule has 1 aliphatic rings. The molecule has 0 aliphatic heterocycles. The van der Waals surface area contributed by atoms with Gasteiger partial charge in [-0.1, -0.05) is 11.6 Å². The lowest BCUT2D eigenvalue weighted by molar-refractivity contribution is 0.632. The number of aromatic nitrogens is 3. The van der Waals surface area contributed by atoms with Crippen LogP contribution in [0.5, 0.6) is 0 Å². The van der Waals surface area contributed by atoms with Gasteiger partial charge in [0, 0.05) is 41.4 Å². The third-order valence-electron chi connectivity index (χ3n) is 4.01. The molecule has 1 aliphatic carbocycles. The first-order chi connectivity index (χ1) is 11.3. The molecule has 1 saturated carbocycles. The van der Waals surface area contributed by atoms with Crippen molar-refractivity contribution < 1.29 is 0 Å². The van der Waals surface area contributed by atoms with E-state index in [1.54, 1.807) is 0 Å². The van der Waals surface area contributed by atoms with Crippen LogP contribution >= 0.6 is 11.6 Å². The Morgan fingerprint density at radius 2 is 1.91 bits per heavy atom. The van der Waals surface area contributed by atoms with Crippen molar-refractivity contribution in [1.29, 1.82) is 0 Å². The van der Waals surface area contributed by atoms with Crippen LogP contribution in [0.15, 0.2) is 55.0 Å². The molecule has 1 aromatic carbocycles. The standard InChI is InChI=1S/C18H17ClN4/c19-15-4-6-16(7-5-15)22-17-8-3-14(11-21-17)18-20-9-10-23(18)12-13-1-2-13/h3-11,13H,1-2,12H2,(H,21,22). The number of nitrogens with zero attached hydrogens (tertiary/aromatic N) is 3. The van der Waals surface area contributed by atoms with Crippen LogP contribution in [0.2, 0.25) is 5.02 Å². The SMILES string of the molecule is Clc1ccc(Nc2ccc(-c3nccn3CC3CC3)cn2)cc1. The highest BCUT2D eigenvalue weighted by Gasteiger charge is 2.22. The third kappa shape index (κ3) is 3.37. The van der Waals surface area contributed by atoms with E-state index < -0.39 is 0 Å². The number of benzene rings is 1. The van der Waals surface area contributed by atoms with Crippen molar-refractivity contribution in [2.24, 2.45) is 5.92 Å². The molecular weight excluding hydrogens is 308 g/mol. The third-order valence-corrected chi connectivity index (χ3v) is 4.26. The van der Waals surface area contributed by atoms with Gasteiger partial charge in [-0.15, -0.1) is 0 Å². The van der Waals surface area contributed by atoms with Crippen molar-refractivity contribution in [2.75, 3.05) is 5.32 Å². The monoisotopic (exact) mass is 324 g/mol. The summed E-state index contributed by atoms with van der Waals surface area (Å²) in [5.41, 5.74) is 2.00. The van der Waals surface area contributed by atoms with Crippen molar-refractivity contribution >= 4 is 23.1 Å². The Morgan fingerprint density at radius 1 is 1.09 bits per heavy atom. The molecule has 5 heteroatoms. The molecule has 0 saturated heterocycles. The minimum atomic E-state index is 0.723. The summed E-state index contributed by atoms with van der Waals surface area (Å²) in [5.74, 6) is 2.61. The lowest BCUT2D eigenvalue weighted by Gasteiger charge is -2.09. The number of imidazole rings is 1. The molecule has 0 bridgehead atoms. The molecule has 1 N–H and O–H groups in total. The van der Waals surface area contributed by atoms with Crippen LogP contribution in [-0.4, -0.2) is 14.5 Å². The highest BCUT2D eigenvalue weighted by Crippen LogP contribution is 2.32. The summed E-state index contributed by atoms with van der Waals surface area (Å²) in [6.07, 6.45) is 8.44. The number of anilines is 2. The van der Waals surface area contributed by atoms with Crippen LogP contribution in [0.25, 0.3) is 11.4 Å². The van der Waals surface area contributed by atoms with E-state index in [0.29, 0.717) is 0 Å². The molecule has 4 rings (SSSR count). The van der Waals surface area contributed by atoms with Gasteiger partial charge in [0.1, 0.15) is 11.6 Å². The van der Waals surface area contributed by atoms with Gasteiger partial charge in [-0.2, -0.15) is 0 Å². The quantitative estimate of drug-likeness (QED) is 0.736. The number of hydrogen-bond acceptors (Lipinski definition) is 3. The molecular formula is C18H17ClN4. The van der Waals surface area contributed by atoms with Crippen LogP contribution in [0.3, 0.4) is 0 Å². The van der Waals surface area contributed by atoms with Crippen LogP contribution in [0, 0.1) is 5.92 Å². The first kappa shape index (κ1) is 14.3. The van der Waals surface area contributed by atoms with E-state index in [-0.39, 0.29) is 0 Å². The maximum Gasteiger partial charge on any atom is 0.141 e. The van der Waals surface area contributed by atoms with Crippen LogP contribution in [0.4, 0.5) is 11.5 Å². The fraction of sp³-hybridized carbons (Fsp3) is 0.222. The summed E-state index contributed by atoms with van der Waals surface area (Å²) < 4.78 is 2.22. The van der Waals surface area contributed by atoms with Gasteiger partial charge in [0.25, 0.3) is 0 Å². The summed E-state index contributed by atoms with van der Waals surface area (Å²) in [7, 11) is 0. The lowest BCUT2D eigenvalue weighted by atomic mass is 10.2. The maximum absolute atomic E-state index is 5.89. The molecule has 4 nitrogen and oxygen atoms in total. The second-order valence-electron chi connectivity index (χ2n) is 5.91. The van der Waals surface area contributed by atoms with E-state index in [1.807, 2.05) is 48.9 Å². The molecule has 2 heterocycles. The minimum absolute atomic E-state index is 0.723. The Morgan fingerprint density at radius 3 is 2.61 bits per heavy atom. The van der Waals surface area contributed by atoms with Crippen LogP contribution < -0.4 is 5.32 Å². The zero-order chi connectivity index (χ0) is 15.6. The summed E-state index contributed by atoms with van der Waals surface area (Å²) >= 11 is 5.89. The molecule has 2 aromatic heterocycles. The number of halogens is 1. The first-order valence-electron chi connectivity index (χ1n) is 7.78. The van der Waals surface area contributed by atoms with Gasteiger partial charge in [0.05, 0.1) is 0 Å². The van der Waals surface area contributed by atoms with Crippen molar-refractivity contribution in [3.63, 3.8) is 0 Å². The van der Waals surface area contributed by atoms with Gasteiger partial charge in [0.2, 0.25) is 0 Å². The van der Waals surface area contributed by atoms with Crippen LogP contribution in [-0.2, 0) is 6.54 Å². The normalized spacial score (nSPS) is 14.0. The fourth-order valence-electron chi connectivity index (χ4n) is 2.58. The fourth-order valence-corrected chi connectivity index (χ4v) is 2.70. The molecule has 3 aromatic rings. The van der Waals surface area contributed by atoms with Gasteiger partial charge < -0.3 is 9.88 Å². The predicted octanol–water partition coefficient (Wildman–Crippen LogP) is 4.75. The number of hydrogen-bond donors (Lipinski definition) is 1. The zero-order valence-corrected chi connectivity index (χ0v) is 13.4. The molecule has 0 unspecified atom stereocenters. The Bertz CT molecular complexity index is 789. The van der Waals surface area contributed by atoms with Gasteiger partial charge in [-0.3, -0.25) is 0 Å². The number of pyridine rings is 1. The number of nitrogens with one attached hydrogen (secondary N) is 1. The highest BCUT2D eigenvalue weighted by atomic mass is 35.5. The van der Waals surface area contributed by atoms with E-state index in [0.717, 1.165) is 40.4 Å². The average Bonchev–Trinajstić information content (AvgIpc) is 3.26. The van der Waals surface area contributed by atoms with Gasteiger partial charge in [-0.05, 0) is 55.2 Å². The highest BCUT2D eigenvalue weighted by molar-refractivity contribution is 6.30. The van der Waals surface area contributed by atoms with E-state index in [4.69, 9.17) is 11.6 Å². The summed E-state index contributed by atoms with van der Waals surface area (Å²) in [5, 5.41) is 3.99. The van der Waals surface area contributed by atoms with E-state index in [1.165, 1.54) is 12.8 Å². The summed E-state index contributed by atoms with van der Waals surface area (Å²) in [6.45, 7) is 1.06. The second-order valence-corrected chi connectivity index (χ2v) is 6.35. The number of rotatable bonds is 5. The lowest BCUT2D eigenvalue weighted by Crippen LogP contribution is -2.01. The maximum atomic E-state index is 5.89. The average molecular weight is 325 g/mol. The molecule has 0 radical (unpaired) electrons. The van der Waals surface area contributed by atoms with E-state index in [2.05, 4.69) is 25.9 Å². The first-order valence-corrected chi connectivity index (χ1v) is 8.16. The molecule has 116 valence electrons. The molecule has 23 heavy (non-hydrogen) atoms. The molecule has 1 fully saturated rings. The van der Waals surface area contributed by atoms with Crippen LogP contribution in [0.1, 0.15) is 12.8 Å². The Balaban J connectivity index is 1.51. The van der Waals surface area contributed by atoms with Crippen molar-refractivity contribution in [3.8, 4) is 11.4 Å². The smallest absolute Gasteiger partial charge is 0.141 e. The molecule has 0 amide bonds. The molecule has 0 atom stereocenters. The van der Waals surface area contributed by atoms with Crippen molar-refractivity contribution in [1.82, 2.24) is 14.5 Å². The van der Waals surface area contributed by atoms with Gasteiger partial charge in [-0.25, -0.2) is 9.97 Å². The van der Waals surface area contributed by atoms with Crippen molar-refractivity contribution in [2.45, 2.75) is 19.4 Å². The minimum Gasteiger partial charge on any atom is -0.340 e. The zero-order valence-electron chi connectivity index (χ0n) is 12.6. The predicted molar refractivity (Wildman–Crippen MR) is 92.9 cm³/mol. The Kier molecular flexibility index (Phi) is 3.75. The Labute approximate surface area is 140 Å². The van der Waals surface area contributed by atoms with E-state index in [9.17, 15) is 0 Å². The summed E-state index contributed by atoms with van der Waals surface area (Å²) in [6, 6.07) is 11.6. The summed E-state index contributed by atoms with van der Waals surface area (Å²) in [4.78, 5) is 8.97. The topological polar surface area (TPSA) is 42.7 Å². The Hall–Kier alpha value is -2.33. The van der Waals surface area contributed by atoms with Crippen molar-refractivity contribution in [3.05, 3.63) is 60.0 Å². The van der Waals surface area contributed by atoms with E-state index >= 15 is 0 Å². The molecule has 0 spiro atoms. The van der Waals surface area contributed by atoms with Gasteiger partial charge >= 0.3 is 0 Å².